The lowest BCUT2D eigenvalue weighted by Gasteiger charge is -2.26. The maximum Gasteiger partial charge on any atom is 0.311 e. The summed E-state index contributed by atoms with van der Waals surface area (Å²) in [6, 6.07) is 0. The lowest BCUT2D eigenvalue weighted by atomic mass is 10.0. The van der Waals surface area contributed by atoms with Gasteiger partial charge in [0.1, 0.15) is 5.60 Å². The first-order valence-corrected chi connectivity index (χ1v) is 5.47. The number of hydrogen-bond donors (Lipinski definition) is 2. The van der Waals surface area contributed by atoms with Gasteiger partial charge in [-0.1, -0.05) is 6.92 Å². The van der Waals surface area contributed by atoms with Gasteiger partial charge in [0.15, 0.2) is 0 Å². The summed E-state index contributed by atoms with van der Waals surface area (Å²) < 4.78 is 5.14. The van der Waals surface area contributed by atoms with Crippen molar-refractivity contribution in [2.24, 2.45) is 5.41 Å². The molecule has 1 fully saturated rings. The monoisotopic (exact) mass is 229 g/mol. The molecule has 2 N–H and O–H groups in total. The van der Waals surface area contributed by atoms with Gasteiger partial charge in [0.25, 0.3) is 5.91 Å². The van der Waals surface area contributed by atoms with E-state index in [2.05, 4.69) is 5.32 Å². The summed E-state index contributed by atoms with van der Waals surface area (Å²) in [6.45, 7) is 3.75. The number of amides is 1. The van der Waals surface area contributed by atoms with Gasteiger partial charge in [0.05, 0.1) is 5.41 Å². The van der Waals surface area contributed by atoms with Crippen LogP contribution < -0.4 is 5.32 Å². The zero-order chi connectivity index (χ0) is 12.4. The number of carboxylic acids is 1. The largest absolute Gasteiger partial charge is 0.481 e. The average Bonchev–Trinajstić information content (AvgIpc) is 3.05. The zero-order valence-corrected chi connectivity index (χ0v) is 10.0. The molecule has 0 aromatic heterocycles. The van der Waals surface area contributed by atoms with E-state index in [-0.39, 0.29) is 12.5 Å². The van der Waals surface area contributed by atoms with Gasteiger partial charge < -0.3 is 15.2 Å². The predicted molar refractivity (Wildman–Crippen MR) is 58.0 cm³/mol. The van der Waals surface area contributed by atoms with Crippen molar-refractivity contribution in [1.29, 1.82) is 0 Å². The van der Waals surface area contributed by atoms with E-state index in [4.69, 9.17) is 9.84 Å². The Morgan fingerprint density at radius 1 is 1.50 bits per heavy atom. The Bertz CT molecular complexity index is 292. The van der Waals surface area contributed by atoms with Crippen molar-refractivity contribution in [2.45, 2.75) is 38.7 Å². The molecule has 5 nitrogen and oxygen atoms in total. The second-order valence-corrected chi connectivity index (χ2v) is 4.56. The van der Waals surface area contributed by atoms with Crippen LogP contribution in [0.1, 0.15) is 33.1 Å². The molecule has 0 spiro atoms. The van der Waals surface area contributed by atoms with Crippen molar-refractivity contribution in [3.05, 3.63) is 0 Å². The Morgan fingerprint density at radius 2 is 2.06 bits per heavy atom. The number of rotatable bonds is 6. The number of methoxy groups -OCH3 is 1. The fourth-order valence-electron chi connectivity index (χ4n) is 1.45. The molecular weight excluding hydrogens is 210 g/mol. The summed E-state index contributed by atoms with van der Waals surface area (Å²) in [5.41, 5.74) is -1.59. The van der Waals surface area contributed by atoms with Gasteiger partial charge in [0.2, 0.25) is 0 Å². The van der Waals surface area contributed by atoms with Gasteiger partial charge >= 0.3 is 5.97 Å². The molecule has 5 heteroatoms. The minimum Gasteiger partial charge on any atom is -0.481 e. The number of ether oxygens (including phenoxy) is 1. The minimum absolute atomic E-state index is 0.195. The third-order valence-electron chi connectivity index (χ3n) is 3.50. The van der Waals surface area contributed by atoms with E-state index < -0.39 is 17.0 Å². The smallest absolute Gasteiger partial charge is 0.311 e. The fourth-order valence-corrected chi connectivity index (χ4v) is 1.45. The van der Waals surface area contributed by atoms with Crippen LogP contribution in [-0.4, -0.2) is 36.2 Å². The lowest BCUT2D eigenvalue weighted by molar-refractivity contribution is -0.145. The molecule has 1 unspecified atom stereocenters. The molecule has 0 aromatic carbocycles. The summed E-state index contributed by atoms with van der Waals surface area (Å²) in [6.07, 6.45) is 1.83. The van der Waals surface area contributed by atoms with Crippen LogP contribution in [0.15, 0.2) is 0 Å². The number of carbonyl (C=O) groups is 2. The predicted octanol–water partition coefficient (Wildman–Crippen LogP) is 0.782. The molecule has 0 bridgehead atoms. The Morgan fingerprint density at radius 3 is 2.38 bits per heavy atom. The molecule has 0 heterocycles. The highest BCUT2D eigenvalue weighted by atomic mass is 16.5. The van der Waals surface area contributed by atoms with E-state index in [0.717, 1.165) is 0 Å². The summed E-state index contributed by atoms with van der Waals surface area (Å²) in [7, 11) is 1.48. The van der Waals surface area contributed by atoms with E-state index in [1.807, 2.05) is 6.92 Å². The molecule has 1 amide bonds. The van der Waals surface area contributed by atoms with Gasteiger partial charge in [-0.3, -0.25) is 9.59 Å². The molecule has 0 radical (unpaired) electrons. The SMILES string of the molecule is CCC(C)(OC)C(=O)NCC1(C(=O)O)CC1. The Kier molecular flexibility index (Phi) is 3.57. The van der Waals surface area contributed by atoms with E-state index >= 15 is 0 Å². The van der Waals surface area contributed by atoms with Gasteiger partial charge in [-0.2, -0.15) is 0 Å². The number of aliphatic carboxylic acids is 1. The summed E-state index contributed by atoms with van der Waals surface area (Å²) in [5, 5.41) is 11.6. The summed E-state index contributed by atoms with van der Waals surface area (Å²) in [5.74, 6) is -1.08. The highest BCUT2D eigenvalue weighted by Gasteiger charge is 2.50. The molecule has 16 heavy (non-hydrogen) atoms. The van der Waals surface area contributed by atoms with Crippen LogP contribution >= 0.6 is 0 Å². The Balaban J connectivity index is 2.50. The van der Waals surface area contributed by atoms with E-state index in [9.17, 15) is 9.59 Å². The van der Waals surface area contributed by atoms with Crippen molar-refractivity contribution >= 4 is 11.9 Å². The van der Waals surface area contributed by atoms with Crippen LogP contribution in [0.5, 0.6) is 0 Å². The standard InChI is InChI=1S/C11H19NO4/c1-4-10(2,16-3)8(13)12-7-11(5-6-11)9(14)15/h4-7H2,1-3H3,(H,12,13)(H,14,15). The molecule has 0 aromatic rings. The zero-order valence-electron chi connectivity index (χ0n) is 10.0. The van der Waals surface area contributed by atoms with Crippen molar-refractivity contribution < 1.29 is 19.4 Å². The van der Waals surface area contributed by atoms with Crippen molar-refractivity contribution in [3.63, 3.8) is 0 Å². The molecular formula is C11H19NO4. The normalized spacial score (nSPS) is 20.9. The maximum absolute atomic E-state index is 11.8. The number of carboxylic acid groups (broad SMARTS) is 1. The fraction of sp³-hybridized carbons (Fsp3) is 0.818. The molecule has 1 atom stereocenters. The molecule has 92 valence electrons. The van der Waals surface area contributed by atoms with Crippen LogP contribution in [0.3, 0.4) is 0 Å². The summed E-state index contributed by atoms with van der Waals surface area (Å²) >= 11 is 0. The van der Waals surface area contributed by atoms with Gasteiger partial charge in [-0.25, -0.2) is 0 Å². The summed E-state index contributed by atoms with van der Waals surface area (Å²) in [4.78, 5) is 22.7. The second-order valence-electron chi connectivity index (χ2n) is 4.56. The van der Waals surface area contributed by atoms with E-state index in [1.54, 1.807) is 6.92 Å². The Labute approximate surface area is 95.2 Å². The first kappa shape index (κ1) is 13.0. The van der Waals surface area contributed by atoms with Crippen molar-refractivity contribution in [2.75, 3.05) is 13.7 Å². The third kappa shape index (κ3) is 2.35. The molecule has 0 aliphatic heterocycles. The molecule has 1 rings (SSSR count). The molecule has 0 saturated heterocycles. The van der Waals surface area contributed by atoms with E-state index in [0.29, 0.717) is 19.3 Å². The number of hydrogen-bond acceptors (Lipinski definition) is 3. The minimum atomic E-state index is -0.866. The van der Waals surface area contributed by atoms with Crippen LogP contribution in [0.2, 0.25) is 0 Å². The number of nitrogens with one attached hydrogen (secondary N) is 1. The van der Waals surface area contributed by atoms with Crippen LogP contribution in [-0.2, 0) is 14.3 Å². The maximum atomic E-state index is 11.8. The molecule has 1 aliphatic rings. The van der Waals surface area contributed by atoms with Gasteiger partial charge in [-0.15, -0.1) is 0 Å². The molecule has 1 aliphatic carbocycles. The van der Waals surface area contributed by atoms with Crippen molar-refractivity contribution in [3.8, 4) is 0 Å². The van der Waals surface area contributed by atoms with E-state index in [1.165, 1.54) is 7.11 Å². The highest BCUT2D eigenvalue weighted by Crippen LogP contribution is 2.45. The topological polar surface area (TPSA) is 75.6 Å². The average molecular weight is 229 g/mol. The van der Waals surface area contributed by atoms with Crippen LogP contribution in [0.4, 0.5) is 0 Å². The lowest BCUT2D eigenvalue weighted by Crippen LogP contribution is -2.48. The van der Waals surface area contributed by atoms with Gasteiger partial charge in [-0.05, 0) is 26.2 Å². The van der Waals surface area contributed by atoms with Crippen LogP contribution in [0.25, 0.3) is 0 Å². The third-order valence-corrected chi connectivity index (χ3v) is 3.50. The van der Waals surface area contributed by atoms with Crippen molar-refractivity contribution in [1.82, 2.24) is 5.32 Å². The Hall–Kier alpha value is -1.10. The number of carbonyl (C=O) groups excluding carboxylic acids is 1. The van der Waals surface area contributed by atoms with Gasteiger partial charge in [0, 0.05) is 13.7 Å². The first-order chi connectivity index (χ1) is 7.40. The molecule has 1 saturated carbocycles. The van der Waals surface area contributed by atoms with Crippen LogP contribution in [0, 0.1) is 5.41 Å². The quantitative estimate of drug-likeness (QED) is 0.705. The highest BCUT2D eigenvalue weighted by molar-refractivity contribution is 5.86. The second kappa shape index (κ2) is 4.41. The first-order valence-electron chi connectivity index (χ1n) is 5.47.